The zero-order valence-corrected chi connectivity index (χ0v) is 17.2. The summed E-state index contributed by atoms with van der Waals surface area (Å²) in [5.74, 6) is 1.54. The van der Waals surface area contributed by atoms with E-state index >= 15 is 0 Å². The summed E-state index contributed by atoms with van der Waals surface area (Å²) in [5, 5.41) is 4.70. The van der Waals surface area contributed by atoms with Crippen molar-refractivity contribution >= 4 is 17.5 Å². The van der Waals surface area contributed by atoms with Gasteiger partial charge >= 0.3 is 0 Å². The fraction of sp³-hybridized carbons (Fsp3) is 0.174. The van der Waals surface area contributed by atoms with Gasteiger partial charge in [0.25, 0.3) is 5.91 Å². The Balaban J connectivity index is 1.49. The second-order valence-electron chi connectivity index (χ2n) is 6.90. The van der Waals surface area contributed by atoms with Gasteiger partial charge in [-0.25, -0.2) is 0 Å². The number of carbonyl (C=O) groups is 1. The Hall–Kier alpha value is -3.38. The third-order valence-corrected chi connectivity index (χ3v) is 5.14. The molecule has 4 aromatic rings. The number of aryl methyl sites for hydroxylation is 1. The van der Waals surface area contributed by atoms with Crippen molar-refractivity contribution in [3.05, 3.63) is 94.7 Å². The summed E-state index contributed by atoms with van der Waals surface area (Å²) in [5.41, 5.74) is 2.38. The quantitative estimate of drug-likeness (QED) is 0.411. The highest BCUT2D eigenvalue weighted by Gasteiger charge is 2.19. The summed E-state index contributed by atoms with van der Waals surface area (Å²) in [6.07, 6.45) is 2.02. The van der Waals surface area contributed by atoms with E-state index in [1.165, 1.54) is 0 Å². The van der Waals surface area contributed by atoms with Crippen molar-refractivity contribution in [3.8, 4) is 11.4 Å². The molecule has 4 rings (SSSR count). The molecule has 152 valence electrons. The van der Waals surface area contributed by atoms with E-state index in [1.54, 1.807) is 29.4 Å². The van der Waals surface area contributed by atoms with Gasteiger partial charge in [-0.2, -0.15) is 4.98 Å². The van der Waals surface area contributed by atoms with Crippen LogP contribution in [0.1, 0.15) is 27.6 Å². The topological polar surface area (TPSA) is 72.4 Å². The molecule has 0 saturated heterocycles. The van der Waals surface area contributed by atoms with Gasteiger partial charge in [-0.1, -0.05) is 47.1 Å². The van der Waals surface area contributed by atoms with Gasteiger partial charge in [0.15, 0.2) is 0 Å². The van der Waals surface area contributed by atoms with Crippen LogP contribution in [0.2, 0.25) is 5.02 Å². The molecule has 0 radical (unpaired) electrons. The van der Waals surface area contributed by atoms with Crippen molar-refractivity contribution in [1.82, 2.24) is 15.0 Å². The number of nitrogens with zero attached hydrogens (tertiary/aromatic N) is 3. The molecular formula is C23H20ClN3O3. The monoisotopic (exact) mass is 421 g/mol. The molecule has 0 atom stereocenters. The van der Waals surface area contributed by atoms with Crippen LogP contribution in [0.15, 0.2) is 75.9 Å². The van der Waals surface area contributed by atoms with Crippen LogP contribution >= 0.6 is 11.6 Å². The number of benzene rings is 2. The van der Waals surface area contributed by atoms with E-state index in [4.69, 9.17) is 20.5 Å². The number of carbonyl (C=O) groups excluding carboxylic acids is 1. The summed E-state index contributed by atoms with van der Waals surface area (Å²) >= 11 is 6.19. The summed E-state index contributed by atoms with van der Waals surface area (Å²) < 4.78 is 10.8. The molecule has 0 unspecified atom stereocenters. The molecule has 0 aliphatic heterocycles. The first-order valence-electron chi connectivity index (χ1n) is 9.56. The fourth-order valence-corrected chi connectivity index (χ4v) is 3.22. The summed E-state index contributed by atoms with van der Waals surface area (Å²) in [7, 11) is 0. The molecular weight excluding hydrogens is 402 g/mol. The molecule has 0 aliphatic rings. The SMILES string of the molecule is Cc1ccc(-c2noc(CCN(Cc3ccco3)C(=O)c3ccccc3)n2)cc1Cl. The van der Waals surface area contributed by atoms with E-state index in [2.05, 4.69) is 10.1 Å². The molecule has 7 heteroatoms. The lowest BCUT2D eigenvalue weighted by molar-refractivity contribution is 0.0730. The number of amides is 1. The lowest BCUT2D eigenvalue weighted by atomic mass is 10.1. The maximum absolute atomic E-state index is 13.0. The molecule has 2 heterocycles. The van der Waals surface area contributed by atoms with Crippen LogP contribution in [0.4, 0.5) is 0 Å². The minimum absolute atomic E-state index is 0.0861. The number of halogens is 1. The number of rotatable bonds is 7. The summed E-state index contributed by atoms with van der Waals surface area (Å²) in [4.78, 5) is 19.2. The third kappa shape index (κ3) is 4.60. The molecule has 2 aromatic heterocycles. The minimum atomic E-state index is -0.0861. The lowest BCUT2D eigenvalue weighted by Gasteiger charge is -2.21. The highest BCUT2D eigenvalue weighted by atomic mass is 35.5. The first-order chi connectivity index (χ1) is 14.6. The van der Waals surface area contributed by atoms with Crippen LogP contribution in [0.25, 0.3) is 11.4 Å². The Kier molecular flexibility index (Phi) is 5.95. The Morgan fingerprint density at radius 1 is 1.10 bits per heavy atom. The Bertz CT molecular complexity index is 1120. The van der Waals surface area contributed by atoms with E-state index in [0.29, 0.717) is 47.6 Å². The van der Waals surface area contributed by atoms with Crippen LogP contribution in [0.5, 0.6) is 0 Å². The Morgan fingerprint density at radius 3 is 2.67 bits per heavy atom. The Morgan fingerprint density at radius 2 is 1.93 bits per heavy atom. The van der Waals surface area contributed by atoms with Gasteiger partial charge in [0.2, 0.25) is 11.7 Å². The molecule has 0 N–H and O–H groups in total. The number of hydrogen-bond acceptors (Lipinski definition) is 5. The van der Waals surface area contributed by atoms with Crippen molar-refractivity contribution in [1.29, 1.82) is 0 Å². The smallest absolute Gasteiger partial charge is 0.254 e. The van der Waals surface area contributed by atoms with E-state index < -0.39 is 0 Å². The highest BCUT2D eigenvalue weighted by Crippen LogP contribution is 2.23. The van der Waals surface area contributed by atoms with Gasteiger partial charge in [-0.15, -0.1) is 0 Å². The van der Waals surface area contributed by atoms with Crippen LogP contribution in [0, 0.1) is 6.92 Å². The summed E-state index contributed by atoms with van der Waals surface area (Å²) in [6.45, 7) is 2.70. The molecule has 0 bridgehead atoms. The largest absolute Gasteiger partial charge is 0.467 e. The zero-order valence-electron chi connectivity index (χ0n) is 16.4. The fourth-order valence-electron chi connectivity index (χ4n) is 3.04. The van der Waals surface area contributed by atoms with E-state index in [0.717, 1.165) is 11.1 Å². The first kappa shape index (κ1) is 19.9. The maximum atomic E-state index is 13.0. The van der Waals surface area contributed by atoms with Gasteiger partial charge in [0.1, 0.15) is 5.76 Å². The standard InChI is InChI=1S/C23H20ClN3O3/c1-16-9-10-18(14-20(16)24)22-25-21(30-26-22)11-12-27(15-19-8-5-13-29-19)23(28)17-6-3-2-4-7-17/h2-10,13-14H,11-12,15H2,1H3. The molecule has 0 saturated carbocycles. The van der Waals surface area contributed by atoms with Crippen molar-refractivity contribution in [2.75, 3.05) is 6.54 Å². The van der Waals surface area contributed by atoms with E-state index in [-0.39, 0.29) is 5.91 Å². The maximum Gasteiger partial charge on any atom is 0.254 e. The van der Waals surface area contributed by atoms with Gasteiger partial charge in [-0.05, 0) is 42.8 Å². The van der Waals surface area contributed by atoms with E-state index in [1.807, 2.05) is 49.4 Å². The molecule has 0 spiro atoms. The van der Waals surface area contributed by atoms with Gasteiger partial charge in [-0.3, -0.25) is 4.79 Å². The van der Waals surface area contributed by atoms with E-state index in [9.17, 15) is 4.79 Å². The normalized spacial score (nSPS) is 10.9. The Labute approximate surface area is 179 Å². The van der Waals surface area contributed by atoms with Crippen molar-refractivity contribution in [2.45, 2.75) is 19.9 Å². The zero-order chi connectivity index (χ0) is 20.9. The summed E-state index contributed by atoms with van der Waals surface area (Å²) in [6, 6.07) is 18.4. The third-order valence-electron chi connectivity index (χ3n) is 4.73. The predicted molar refractivity (Wildman–Crippen MR) is 113 cm³/mol. The average molecular weight is 422 g/mol. The second kappa shape index (κ2) is 8.97. The van der Waals surface area contributed by atoms with Gasteiger partial charge in [0, 0.05) is 29.1 Å². The molecule has 2 aromatic carbocycles. The predicted octanol–water partition coefficient (Wildman–Crippen LogP) is 5.18. The first-order valence-corrected chi connectivity index (χ1v) is 9.94. The van der Waals surface area contributed by atoms with Gasteiger partial charge in [0.05, 0.1) is 12.8 Å². The number of hydrogen-bond donors (Lipinski definition) is 0. The number of furan rings is 1. The average Bonchev–Trinajstić information content (AvgIpc) is 3.45. The van der Waals surface area contributed by atoms with Crippen LogP contribution in [-0.2, 0) is 13.0 Å². The lowest BCUT2D eigenvalue weighted by Crippen LogP contribution is -2.32. The number of aromatic nitrogens is 2. The van der Waals surface area contributed by atoms with Crippen LogP contribution in [-0.4, -0.2) is 27.5 Å². The van der Waals surface area contributed by atoms with Crippen LogP contribution in [0.3, 0.4) is 0 Å². The minimum Gasteiger partial charge on any atom is -0.467 e. The molecule has 1 amide bonds. The van der Waals surface area contributed by atoms with Crippen molar-refractivity contribution < 1.29 is 13.7 Å². The molecule has 0 aliphatic carbocycles. The second-order valence-corrected chi connectivity index (χ2v) is 7.30. The molecule has 30 heavy (non-hydrogen) atoms. The highest BCUT2D eigenvalue weighted by molar-refractivity contribution is 6.31. The molecule has 0 fully saturated rings. The van der Waals surface area contributed by atoms with Gasteiger partial charge < -0.3 is 13.8 Å². The van der Waals surface area contributed by atoms with Crippen molar-refractivity contribution in [2.24, 2.45) is 0 Å². The molecule has 6 nitrogen and oxygen atoms in total. The van der Waals surface area contributed by atoms with Crippen molar-refractivity contribution in [3.63, 3.8) is 0 Å². The van der Waals surface area contributed by atoms with Crippen LogP contribution < -0.4 is 0 Å².